The van der Waals surface area contributed by atoms with Crippen molar-refractivity contribution < 1.29 is 9.84 Å². The molecule has 1 rings (SSSR count). The van der Waals surface area contributed by atoms with E-state index in [4.69, 9.17) is 10.5 Å². The van der Waals surface area contributed by atoms with Crippen molar-refractivity contribution in [2.75, 3.05) is 26.7 Å². The van der Waals surface area contributed by atoms with E-state index in [0.717, 1.165) is 25.1 Å². The minimum atomic E-state index is 0.139. The molecule has 1 aromatic rings. The van der Waals surface area contributed by atoms with Crippen LogP contribution in [0, 0.1) is 0 Å². The molecule has 102 valence electrons. The van der Waals surface area contributed by atoms with Gasteiger partial charge < -0.3 is 15.6 Å². The lowest BCUT2D eigenvalue weighted by Crippen LogP contribution is -2.30. The van der Waals surface area contributed by atoms with Gasteiger partial charge in [0.25, 0.3) is 0 Å². The number of benzene rings is 1. The molecule has 1 unspecified atom stereocenters. The van der Waals surface area contributed by atoms with Crippen LogP contribution in [0.5, 0.6) is 11.5 Å². The van der Waals surface area contributed by atoms with E-state index in [2.05, 4.69) is 18.7 Å². The van der Waals surface area contributed by atoms with E-state index in [1.165, 1.54) is 0 Å². The highest BCUT2D eigenvalue weighted by atomic mass is 16.5. The standard InChI is InChI=1S/C14H24N2O2/c1-4-16(5-2)12(9-10-15)11-7-6-8-13(18-3)14(11)17/h6-8,12,17H,4-5,9-10,15H2,1-3H3. The summed E-state index contributed by atoms with van der Waals surface area (Å²) in [6, 6.07) is 5.75. The predicted octanol–water partition coefficient (Wildman–Crippen LogP) is 2.13. The second-order valence-corrected chi connectivity index (χ2v) is 4.21. The molecule has 0 spiro atoms. The lowest BCUT2D eigenvalue weighted by molar-refractivity contribution is 0.205. The molecule has 0 amide bonds. The minimum absolute atomic E-state index is 0.139. The Morgan fingerprint density at radius 3 is 2.50 bits per heavy atom. The van der Waals surface area contributed by atoms with Gasteiger partial charge in [-0.15, -0.1) is 0 Å². The van der Waals surface area contributed by atoms with Crippen molar-refractivity contribution in [1.82, 2.24) is 4.90 Å². The lowest BCUT2D eigenvalue weighted by Gasteiger charge is -2.30. The molecule has 0 aromatic heterocycles. The number of nitrogens with two attached hydrogens (primary N) is 1. The van der Waals surface area contributed by atoms with Gasteiger partial charge in [0.15, 0.2) is 11.5 Å². The molecule has 0 aliphatic heterocycles. The molecule has 18 heavy (non-hydrogen) atoms. The highest BCUT2D eigenvalue weighted by Gasteiger charge is 2.21. The quantitative estimate of drug-likeness (QED) is 0.780. The van der Waals surface area contributed by atoms with Crippen LogP contribution in [0.15, 0.2) is 18.2 Å². The first kappa shape index (κ1) is 14.8. The summed E-state index contributed by atoms with van der Waals surface area (Å²) in [5, 5.41) is 10.2. The molecule has 0 bridgehead atoms. The number of phenolic OH excluding ortho intramolecular Hbond substituents is 1. The maximum atomic E-state index is 10.2. The fourth-order valence-corrected chi connectivity index (χ4v) is 2.33. The van der Waals surface area contributed by atoms with Crippen LogP contribution < -0.4 is 10.5 Å². The van der Waals surface area contributed by atoms with Crippen LogP contribution in [0.2, 0.25) is 0 Å². The first-order chi connectivity index (χ1) is 8.69. The second kappa shape index (κ2) is 7.24. The molecule has 4 heteroatoms. The van der Waals surface area contributed by atoms with E-state index in [-0.39, 0.29) is 11.8 Å². The van der Waals surface area contributed by atoms with Gasteiger partial charge in [-0.25, -0.2) is 0 Å². The molecule has 0 aliphatic rings. The van der Waals surface area contributed by atoms with Crippen LogP contribution in [0.3, 0.4) is 0 Å². The molecule has 0 fully saturated rings. The number of ether oxygens (including phenoxy) is 1. The van der Waals surface area contributed by atoms with Crippen LogP contribution in [0.25, 0.3) is 0 Å². The van der Waals surface area contributed by atoms with Gasteiger partial charge in [0.05, 0.1) is 7.11 Å². The molecule has 3 N–H and O–H groups in total. The number of nitrogens with zero attached hydrogens (tertiary/aromatic N) is 1. The molecule has 0 radical (unpaired) electrons. The first-order valence-electron chi connectivity index (χ1n) is 6.49. The minimum Gasteiger partial charge on any atom is -0.504 e. The number of aromatic hydroxyl groups is 1. The Kier molecular flexibility index (Phi) is 5.95. The van der Waals surface area contributed by atoms with Crippen molar-refractivity contribution in [3.63, 3.8) is 0 Å². The topological polar surface area (TPSA) is 58.7 Å². The Morgan fingerprint density at radius 1 is 1.33 bits per heavy atom. The number of phenols is 1. The number of rotatable bonds is 7. The van der Waals surface area contributed by atoms with Crippen molar-refractivity contribution in [2.45, 2.75) is 26.3 Å². The number of para-hydroxylation sites is 1. The van der Waals surface area contributed by atoms with E-state index in [0.29, 0.717) is 12.3 Å². The van der Waals surface area contributed by atoms with E-state index in [9.17, 15) is 5.11 Å². The average Bonchev–Trinajstić information content (AvgIpc) is 2.39. The molecule has 1 aromatic carbocycles. The highest BCUT2D eigenvalue weighted by molar-refractivity contribution is 5.46. The van der Waals surface area contributed by atoms with Gasteiger partial charge in [-0.2, -0.15) is 0 Å². The second-order valence-electron chi connectivity index (χ2n) is 4.21. The van der Waals surface area contributed by atoms with E-state index >= 15 is 0 Å². The summed E-state index contributed by atoms with van der Waals surface area (Å²) in [5.41, 5.74) is 6.59. The first-order valence-corrected chi connectivity index (χ1v) is 6.49. The van der Waals surface area contributed by atoms with E-state index < -0.39 is 0 Å². The summed E-state index contributed by atoms with van der Waals surface area (Å²) in [7, 11) is 1.56. The van der Waals surface area contributed by atoms with Crippen LogP contribution in [-0.4, -0.2) is 36.8 Å². The summed E-state index contributed by atoms with van der Waals surface area (Å²) in [5.74, 6) is 0.743. The Hall–Kier alpha value is -1.26. The fourth-order valence-electron chi connectivity index (χ4n) is 2.33. The van der Waals surface area contributed by atoms with Crippen LogP contribution in [-0.2, 0) is 0 Å². The summed E-state index contributed by atoms with van der Waals surface area (Å²) < 4.78 is 5.16. The van der Waals surface area contributed by atoms with Crippen molar-refractivity contribution in [1.29, 1.82) is 0 Å². The van der Waals surface area contributed by atoms with Crippen molar-refractivity contribution in [2.24, 2.45) is 5.73 Å². The van der Waals surface area contributed by atoms with E-state index in [1.54, 1.807) is 13.2 Å². The molecule has 0 saturated carbocycles. The summed E-state index contributed by atoms with van der Waals surface area (Å²) in [6.45, 7) is 6.68. The molecule has 0 saturated heterocycles. The van der Waals surface area contributed by atoms with Gasteiger partial charge in [0.1, 0.15) is 0 Å². The zero-order chi connectivity index (χ0) is 13.5. The van der Waals surface area contributed by atoms with Crippen molar-refractivity contribution in [3.8, 4) is 11.5 Å². The smallest absolute Gasteiger partial charge is 0.162 e. The SMILES string of the molecule is CCN(CC)C(CCN)c1cccc(OC)c1O. The zero-order valence-corrected chi connectivity index (χ0v) is 11.5. The van der Waals surface area contributed by atoms with Gasteiger partial charge in [0.2, 0.25) is 0 Å². The third-order valence-corrected chi connectivity index (χ3v) is 3.30. The fraction of sp³-hybridized carbons (Fsp3) is 0.571. The van der Waals surface area contributed by atoms with Gasteiger partial charge >= 0.3 is 0 Å². The van der Waals surface area contributed by atoms with Gasteiger partial charge in [-0.05, 0) is 32.1 Å². The Bertz CT molecular complexity index is 365. The molecule has 1 atom stereocenters. The third kappa shape index (κ3) is 3.15. The predicted molar refractivity (Wildman–Crippen MR) is 74.0 cm³/mol. The number of hydrogen-bond acceptors (Lipinski definition) is 4. The van der Waals surface area contributed by atoms with Crippen LogP contribution >= 0.6 is 0 Å². The summed E-state index contributed by atoms with van der Waals surface area (Å²) in [4.78, 5) is 2.29. The molecule has 0 aliphatic carbocycles. The molecule has 0 heterocycles. The summed E-state index contributed by atoms with van der Waals surface area (Å²) in [6.07, 6.45) is 0.822. The lowest BCUT2D eigenvalue weighted by atomic mass is 10.00. The largest absolute Gasteiger partial charge is 0.504 e. The highest BCUT2D eigenvalue weighted by Crippen LogP contribution is 2.37. The summed E-state index contributed by atoms with van der Waals surface area (Å²) >= 11 is 0. The van der Waals surface area contributed by atoms with Gasteiger partial charge in [-0.3, -0.25) is 4.90 Å². The monoisotopic (exact) mass is 252 g/mol. The Balaban J connectivity index is 3.12. The number of hydrogen-bond donors (Lipinski definition) is 2. The van der Waals surface area contributed by atoms with Gasteiger partial charge in [0, 0.05) is 11.6 Å². The third-order valence-electron chi connectivity index (χ3n) is 3.30. The number of methoxy groups -OCH3 is 1. The molecule has 4 nitrogen and oxygen atoms in total. The van der Waals surface area contributed by atoms with Gasteiger partial charge in [-0.1, -0.05) is 26.0 Å². The molecular formula is C14H24N2O2. The maximum Gasteiger partial charge on any atom is 0.162 e. The van der Waals surface area contributed by atoms with Crippen molar-refractivity contribution >= 4 is 0 Å². The Labute approximate surface area is 109 Å². The van der Waals surface area contributed by atoms with Crippen molar-refractivity contribution in [3.05, 3.63) is 23.8 Å². The maximum absolute atomic E-state index is 10.2. The van der Waals surface area contributed by atoms with Crippen LogP contribution in [0.1, 0.15) is 31.9 Å². The molecular weight excluding hydrogens is 228 g/mol. The van der Waals surface area contributed by atoms with E-state index in [1.807, 2.05) is 12.1 Å². The normalized spacial score (nSPS) is 12.7. The zero-order valence-electron chi connectivity index (χ0n) is 11.5. The average molecular weight is 252 g/mol. The Morgan fingerprint density at radius 2 is 2.00 bits per heavy atom. The van der Waals surface area contributed by atoms with Crippen LogP contribution in [0.4, 0.5) is 0 Å².